The summed E-state index contributed by atoms with van der Waals surface area (Å²) in [5.74, 6) is 1.89. The van der Waals surface area contributed by atoms with Crippen molar-refractivity contribution in [3.05, 3.63) is 35.9 Å². The van der Waals surface area contributed by atoms with Crippen LogP contribution in [-0.4, -0.2) is 19.2 Å². The topological polar surface area (TPSA) is 83.4 Å². The van der Waals surface area contributed by atoms with Crippen LogP contribution < -0.4 is 20.9 Å². The van der Waals surface area contributed by atoms with Gasteiger partial charge in [-0.2, -0.15) is 0 Å². The lowest BCUT2D eigenvalue weighted by atomic mass is 10.1. The maximum atomic E-state index is 5.87. The number of rotatable bonds is 4. The third-order valence-electron chi connectivity index (χ3n) is 2.91. The van der Waals surface area contributed by atoms with Crippen molar-refractivity contribution in [2.45, 2.75) is 6.54 Å². The van der Waals surface area contributed by atoms with Crippen molar-refractivity contribution in [1.82, 2.24) is 4.98 Å². The Morgan fingerprint density at radius 1 is 1.11 bits per heavy atom. The highest BCUT2D eigenvalue weighted by Gasteiger charge is 2.10. The van der Waals surface area contributed by atoms with Crippen molar-refractivity contribution in [2.75, 3.05) is 20.0 Å². The molecule has 5 nitrogen and oxygen atoms in total. The van der Waals surface area contributed by atoms with Gasteiger partial charge in [-0.1, -0.05) is 6.07 Å². The van der Waals surface area contributed by atoms with Gasteiger partial charge in [-0.3, -0.25) is 0 Å². The number of anilines is 1. The summed E-state index contributed by atoms with van der Waals surface area (Å²) in [6.07, 6.45) is 0. The molecular formula is C14H17N3O2. The maximum Gasteiger partial charge on any atom is 0.128 e. The molecule has 2 rings (SSSR count). The van der Waals surface area contributed by atoms with Crippen LogP contribution in [0.1, 0.15) is 5.56 Å². The summed E-state index contributed by atoms with van der Waals surface area (Å²) in [5.41, 5.74) is 13.8. The molecule has 0 atom stereocenters. The first-order valence-corrected chi connectivity index (χ1v) is 5.87. The Hall–Kier alpha value is -2.27. The van der Waals surface area contributed by atoms with Gasteiger partial charge in [0.1, 0.15) is 17.3 Å². The van der Waals surface area contributed by atoms with E-state index in [4.69, 9.17) is 20.9 Å². The number of hydrogen-bond acceptors (Lipinski definition) is 5. The van der Waals surface area contributed by atoms with Crippen molar-refractivity contribution in [1.29, 1.82) is 0 Å². The minimum Gasteiger partial charge on any atom is -0.497 e. The number of pyridine rings is 1. The van der Waals surface area contributed by atoms with E-state index in [0.29, 0.717) is 18.1 Å². The summed E-state index contributed by atoms with van der Waals surface area (Å²) >= 11 is 0. The number of hydrogen-bond donors (Lipinski definition) is 2. The van der Waals surface area contributed by atoms with Crippen molar-refractivity contribution in [3.63, 3.8) is 0 Å². The van der Waals surface area contributed by atoms with Gasteiger partial charge in [0.05, 0.1) is 19.9 Å². The third kappa shape index (κ3) is 2.61. The van der Waals surface area contributed by atoms with Crippen LogP contribution in [0.15, 0.2) is 30.3 Å². The number of ether oxygens (including phenoxy) is 2. The monoisotopic (exact) mass is 259 g/mol. The van der Waals surface area contributed by atoms with Crippen molar-refractivity contribution in [3.8, 4) is 22.8 Å². The Balaban J connectivity index is 2.53. The summed E-state index contributed by atoms with van der Waals surface area (Å²) in [6, 6.07) is 9.28. The van der Waals surface area contributed by atoms with Crippen LogP contribution in [0.4, 0.5) is 5.82 Å². The van der Waals surface area contributed by atoms with E-state index in [9.17, 15) is 0 Å². The molecule has 0 aliphatic rings. The van der Waals surface area contributed by atoms with Gasteiger partial charge < -0.3 is 20.9 Å². The Kier molecular flexibility index (Phi) is 3.87. The van der Waals surface area contributed by atoms with Gasteiger partial charge in [-0.15, -0.1) is 0 Å². The molecule has 4 N–H and O–H groups in total. The Morgan fingerprint density at radius 2 is 1.89 bits per heavy atom. The SMILES string of the molecule is COc1ccc(OC)c(-c2ccc(CN)c(N)n2)c1. The summed E-state index contributed by atoms with van der Waals surface area (Å²) in [5, 5.41) is 0. The highest BCUT2D eigenvalue weighted by atomic mass is 16.5. The predicted octanol–water partition coefficient (Wildman–Crippen LogP) is 1.81. The van der Waals surface area contributed by atoms with Gasteiger partial charge in [0.15, 0.2) is 0 Å². The minimum atomic E-state index is 0.369. The number of aromatic nitrogens is 1. The summed E-state index contributed by atoms with van der Waals surface area (Å²) < 4.78 is 10.6. The lowest BCUT2D eigenvalue weighted by Gasteiger charge is -2.11. The molecule has 19 heavy (non-hydrogen) atoms. The zero-order valence-electron chi connectivity index (χ0n) is 11.0. The predicted molar refractivity (Wildman–Crippen MR) is 75.1 cm³/mol. The molecule has 0 aliphatic heterocycles. The highest BCUT2D eigenvalue weighted by molar-refractivity contribution is 5.70. The molecule has 1 aromatic heterocycles. The molecule has 0 spiro atoms. The zero-order valence-corrected chi connectivity index (χ0v) is 11.0. The molecule has 1 heterocycles. The van der Waals surface area contributed by atoms with Crippen LogP contribution in [-0.2, 0) is 6.54 Å². The molecule has 0 amide bonds. The zero-order chi connectivity index (χ0) is 13.8. The second-order valence-corrected chi connectivity index (χ2v) is 4.01. The maximum absolute atomic E-state index is 5.87. The van der Waals surface area contributed by atoms with Crippen molar-refractivity contribution < 1.29 is 9.47 Å². The summed E-state index contributed by atoms with van der Waals surface area (Å²) in [6.45, 7) is 0.369. The highest BCUT2D eigenvalue weighted by Crippen LogP contribution is 2.33. The molecule has 5 heteroatoms. The largest absolute Gasteiger partial charge is 0.497 e. The van der Waals surface area contributed by atoms with Gasteiger partial charge in [-0.05, 0) is 24.3 Å². The van der Waals surface area contributed by atoms with Crippen LogP contribution in [0, 0.1) is 0 Å². The second-order valence-electron chi connectivity index (χ2n) is 4.01. The fraction of sp³-hybridized carbons (Fsp3) is 0.214. The van der Waals surface area contributed by atoms with Gasteiger partial charge >= 0.3 is 0 Å². The second kappa shape index (κ2) is 5.58. The van der Waals surface area contributed by atoms with E-state index in [2.05, 4.69) is 4.98 Å². The molecule has 0 fully saturated rings. The van der Waals surface area contributed by atoms with E-state index >= 15 is 0 Å². The average Bonchev–Trinajstić information content (AvgIpc) is 2.46. The first-order valence-electron chi connectivity index (χ1n) is 5.87. The van der Waals surface area contributed by atoms with Crippen molar-refractivity contribution >= 4 is 5.82 Å². The van der Waals surface area contributed by atoms with E-state index in [0.717, 1.165) is 22.6 Å². The number of nitrogens with two attached hydrogens (primary N) is 2. The van der Waals surface area contributed by atoms with E-state index in [1.54, 1.807) is 14.2 Å². The molecule has 0 aliphatic carbocycles. The van der Waals surface area contributed by atoms with Gasteiger partial charge in [-0.25, -0.2) is 4.98 Å². The quantitative estimate of drug-likeness (QED) is 0.874. The van der Waals surface area contributed by atoms with Crippen molar-refractivity contribution in [2.24, 2.45) is 5.73 Å². The first kappa shape index (κ1) is 13.2. The molecule has 100 valence electrons. The Morgan fingerprint density at radius 3 is 2.47 bits per heavy atom. The van der Waals surface area contributed by atoms with Gasteiger partial charge in [0.25, 0.3) is 0 Å². The summed E-state index contributed by atoms with van der Waals surface area (Å²) in [7, 11) is 3.23. The van der Waals surface area contributed by atoms with Crippen LogP contribution in [0.3, 0.4) is 0 Å². The molecule has 0 radical (unpaired) electrons. The normalized spacial score (nSPS) is 10.3. The van der Waals surface area contributed by atoms with Crippen LogP contribution >= 0.6 is 0 Å². The molecule has 0 unspecified atom stereocenters. The third-order valence-corrected chi connectivity index (χ3v) is 2.91. The van der Waals surface area contributed by atoms with E-state index in [1.165, 1.54) is 0 Å². The van der Waals surface area contributed by atoms with Crippen LogP contribution in [0.2, 0.25) is 0 Å². The standard InChI is InChI=1S/C14H17N3O2/c1-18-10-4-6-13(19-2)11(7-10)12-5-3-9(8-15)14(16)17-12/h3-7H,8,15H2,1-2H3,(H2,16,17). The number of methoxy groups -OCH3 is 2. The smallest absolute Gasteiger partial charge is 0.128 e. The molecule has 0 bridgehead atoms. The lowest BCUT2D eigenvalue weighted by Crippen LogP contribution is -2.04. The molecule has 0 saturated carbocycles. The fourth-order valence-electron chi connectivity index (χ4n) is 1.84. The number of nitrogen functional groups attached to an aromatic ring is 1. The van der Waals surface area contributed by atoms with E-state index in [-0.39, 0.29) is 0 Å². The van der Waals surface area contributed by atoms with E-state index < -0.39 is 0 Å². The van der Waals surface area contributed by atoms with Crippen LogP contribution in [0.25, 0.3) is 11.3 Å². The molecule has 2 aromatic rings. The number of benzene rings is 1. The molecular weight excluding hydrogens is 242 g/mol. The Bertz CT molecular complexity index is 585. The summed E-state index contributed by atoms with van der Waals surface area (Å²) in [4.78, 5) is 4.36. The first-order chi connectivity index (χ1) is 9.19. The van der Waals surface area contributed by atoms with Crippen LogP contribution in [0.5, 0.6) is 11.5 Å². The fourth-order valence-corrected chi connectivity index (χ4v) is 1.84. The lowest BCUT2D eigenvalue weighted by molar-refractivity contribution is 0.404. The Labute approximate surface area is 112 Å². The molecule has 0 saturated heterocycles. The number of nitrogens with zero attached hydrogens (tertiary/aromatic N) is 1. The minimum absolute atomic E-state index is 0.369. The van der Waals surface area contributed by atoms with Gasteiger partial charge in [0.2, 0.25) is 0 Å². The van der Waals surface area contributed by atoms with E-state index in [1.807, 2.05) is 30.3 Å². The van der Waals surface area contributed by atoms with Gasteiger partial charge in [0, 0.05) is 17.7 Å². The average molecular weight is 259 g/mol. The molecule has 1 aromatic carbocycles.